The summed E-state index contributed by atoms with van der Waals surface area (Å²) in [5.74, 6) is -0.989. The van der Waals surface area contributed by atoms with Gasteiger partial charge in [-0.2, -0.15) is 0 Å². The van der Waals surface area contributed by atoms with Gasteiger partial charge in [0.05, 0.1) is 10.7 Å². The smallest absolute Gasteiger partial charge is 0.339 e. The summed E-state index contributed by atoms with van der Waals surface area (Å²) in [6, 6.07) is 5.12. The van der Waals surface area contributed by atoms with Crippen molar-refractivity contribution in [3.63, 3.8) is 0 Å². The van der Waals surface area contributed by atoms with Crippen LogP contribution < -0.4 is 5.32 Å². The van der Waals surface area contributed by atoms with Crippen LogP contribution in [0.15, 0.2) is 18.2 Å². The van der Waals surface area contributed by atoms with Crippen LogP contribution >= 0.6 is 11.6 Å². The highest BCUT2D eigenvalue weighted by atomic mass is 35.5. The first kappa shape index (κ1) is 12.2. The van der Waals surface area contributed by atoms with Crippen molar-refractivity contribution in [2.45, 2.75) is 26.2 Å². The Labute approximate surface area is 106 Å². The van der Waals surface area contributed by atoms with E-state index in [-0.39, 0.29) is 10.6 Å². The van der Waals surface area contributed by atoms with E-state index in [0.717, 1.165) is 6.54 Å². The van der Waals surface area contributed by atoms with Crippen LogP contribution in [-0.2, 0) is 0 Å². The van der Waals surface area contributed by atoms with Gasteiger partial charge in [-0.15, -0.1) is 0 Å². The molecule has 4 heteroatoms. The monoisotopic (exact) mass is 253 g/mol. The molecule has 0 heterocycles. The Morgan fingerprint density at radius 2 is 2.24 bits per heavy atom. The minimum atomic E-state index is -0.989. The maximum Gasteiger partial charge on any atom is 0.339 e. The van der Waals surface area contributed by atoms with Crippen molar-refractivity contribution in [3.05, 3.63) is 28.8 Å². The molecule has 1 aliphatic carbocycles. The molecule has 1 fully saturated rings. The summed E-state index contributed by atoms with van der Waals surface area (Å²) in [4.78, 5) is 11.1. The summed E-state index contributed by atoms with van der Waals surface area (Å²) in [6.45, 7) is 3.02. The molecule has 2 N–H and O–H groups in total. The van der Waals surface area contributed by atoms with Gasteiger partial charge < -0.3 is 10.4 Å². The topological polar surface area (TPSA) is 49.3 Å². The van der Waals surface area contributed by atoms with Crippen LogP contribution in [-0.4, -0.2) is 17.6 Å². The molecule has 2 rings (SSSR count). The number of anilines is 1. The highest BCUT2D eigenvalue weighted by Crippen LogP contribution is 2.40. The van der Waals surface area contributed by atoms with Gasteiger partial charge >= 0.3 is 5.97 Å². The van der Waals surface area contributed by atoms with Crippen LogP contribution in [0.5, 0.6) is 0 Å². The molecule has 92 valence electrons. The van der Waals surface area contributed by atoms with Gasteiger partial charge in [-0.1, -0.05) is 31.0 Å². The van der Waals surface area contributed by atoms with Gasteiger partial charge in [0.15, 0.2) is 0 Å². The molecule has 0 atom stereocenters. The summed E-state index contributed by atoms with van der Waals surface area (Å²) in [6.07, 6.45) is 3.66. The van der Waals surface area contributed by atoms with E-state index in [1.807, 2.05) is 0 Å². The second kappa shape index (κ2) is 4.57. The maximum atomic E-state index is 11.1. The van der Waals surface area contributed by atoms with Gasteiger partial charge in [0.1, 0.15) is 5.56 Å². The first-order valence-corrected chi connectivity index (χ1v) is 6.15. The quantitative estimate of drug-likeness (QED) is 0.861. The molecule has 17 heavy (non-hydrogen) atoms. The third-order valence-electron chi connectivity index (χ3n) is 3.49. The molecule has 0 spiro atoms. The van der Waals surface area contributed by atoms with Crippen molar-refractivity contribution in [1.82, 2.24) is 0 Å². The van der Waals surface area contributed by atoms with Crippen LogP contribution in [0.4, 0.5) is 5.69 Å². The summed E-state index contributed by atoms with van der Waals surface area (Å²) in [5.41, 5.74) is 1.08. The van der Waals surface area contributed by atoms with Gasteiger partial charge in [-0.3, -0.25) is 0 Å². The average molecular weight is 254 g/mol. The predicted molar refractivity (Wildman–Crippen MR) is 68.9 cm³/mol. The molecular formula is C13H16ClNO2. The summed E-state index contributed by atoms with van der Waals surface area (Å²) >= 11 is 5.90. The van der Waals surface area contributed by atoms with Crippen LogP contribution in [0.25, 0.3) is 0 Å². The van der Waals surface area contributed by atoms with E-state index in [4.69, 9.17) is 16.7 Å². The van der Waals surface area contributed by atoms with Crippen molar-refractivity contribution < 1.29 is 9.90 Å². The number of benzene rings is 1. The molecular weight excluding hydrogens is 238 g/mol. The number of carbonyl (C=O) groups is 1. The van der Waals surface area contributed by atoms with E-state index in [0.29, 0.717) is 11.1 Å². The van der Waals surface area contributed by atoms with E-state index in [2.05, 4.69) is 12.2 Å². The predicted octanol–water partition coefficient (Wildman–Crippen LogP) is 3.64. The Hall–Kier alpha value is -1.22. The molecule has 0 unspecified atom stereocenters. The third kappa shape index (κ3) is 2.55. The van der Waals surface area contributed by atoms with Gasteiger partial charge in [-0.25, -0.2) is 4.79 Å². The summed E-state index contributed by atoms with van der Waals surface area (Å²) < 4.78 is 0. The van der Waals surface area contributed by atoms with Gasteiger partial charge in [0.2, 0.25) is 0 Å². The SMILES string of the molecule is CC1(CNc2cccc(Cl)c2C(=O)O)CCC1. The Morgan fingerprint density at radius 3 is 2.76 bits per heavy atom. The normalized spacial score (nSPS) is 17.3. The zero-order valence-corrected chi connectivity index (χ0v) is 10.5. The largest absolute Gasteiger partial charge is 0.478 e. The molecule has 0 aliphatic heterocycles. The van der Waals surface area contributed by atoms with Crippen molar-refractivity contribution in [1.29, 1.82) is 0 Å². The second-order valence-electron chi connectivity index (χ2n) is 4.99. The Morgan fingerprint density at radius 1 is 1.53 bits per heavy atom. The molecule has 3 nitrogen and oxygen atoms in total. The summed E-state index contributed by atoms with van der Waals surface area (Å²) in [7, 11) is 0. The van der Waals surface area contributed by atoms with Gasteiger partial charge in [0.25, 0.3) is 0 Å². The number of hydrogen-bond donors (Lipinski definition) is 2. The highest BCUT2D eigenvalue weighted by molar-refractivity contribution is 6.34. The van der Waals surface area contributed by atoms with Gasteiger partial charge in [-0.05, 0) is 30.4 Å². The highest BCUT2D eigenvalue weighted by Gasteiger charge is 2.31. The van der Waals surface area contributed by atoms with E-state index >= 15 is 0 Å². The van der Waals surface area contributed by atoms with Crippen LogP contribution in [0.3, 0.4) is 0 Å². The molecule has 0 bridgehead atoms. The Balaban J connectivity index is 2.15. The van der Waals surface area contributed by atoms with Gasteiger partial charge in [0, 0.05) is 6.54 Å². The Bertz CT molecular complexity index is 441. The zero-order chi connectivity index (χ0) is 12.5. The van der Waals surface area contributed by atoms with Crippen molar-refractivity contribution in [3.8, 4) is 0 Å². The minimum absolute atomic E-state index is 0.164. The van der Waals surface area contributed by atoms with Crippen LogP contribution in [0.2, 0.25) is 5.02 Å². The maximum absolute atomic E-state index is 11.1. The van der Waals surface area contributed by atoms with Crippen molar-refractivity contribution in [2.75, 3.05) is 11.9 Å². The fourth-order valence-corrected chi connectivity index (χ4v) is 2.41. The molecule has 0 saturated heterocycles. The fourth-order valence-electron chi connectivity index (χ4n) is 2.15. The molecule has 1 aromatic carbocycles. The lowest BCUT2D eigenvalue weighted by atomic mass is 9.70. The average Bonchev–Trinajstić information content (AvgIpc) is 2.23. The zero-order valence-electron chi connectivity index (χ0n) is 9.79. The fraction of sp³-hybridized carbons (Fsp3) is 0.462. The van der Waals surface area contributed by atoms with E-state index in [1.54, 1.807) is 18.2 Å². The number of carboxylic acids is 1. The van der Waals surface area contributed by atoms with Crippen molar-refractivity contribution >= 4 is 23.3 Å². The summed E-state index contributed by atoms with van der Waals surface area (Å²) in [5, 5.41) is 12.6. The minimum Gasteiger partial charge on any atom is -0.478 e. The van der Waals surface area contributed by atoms with E-state index in [9.17, 15) is 4.79 Å². The third-order valence-corrected chi connectivity index (χ3v) is 3.81. The number of nitrogens with one attached hydrogen (secondary N) is 1. The number of rotatable bonds is 4. The van der Waals surface area contributed by atoms with E-state index < -0.39 is 5.97 Å². The first-order valence-electron chi connectivity index (χ1n) is 5.77. The standard InChI is InChI=1S/C13H16ClNO2/c1-13(6-3-7-13)8-15-10-5-2-4-9(14)11(10)12(16)17/h2,4-5,15H,3,6-8H2,1H3,(H,16,17). The Kier molecular flexibility index (Phi) is 3.29. The lowest BCUT2D eigenvalue weighted by Crippen LogP contribution is -2.33. The van der Waals surface area contributed by atoms with Crippen LogP contribution in [0.1, 0.15) is 36.5 Å². The lowest BCUT2D eigenvalue weighted by molar-refractivity contribution is 0.0698. The number of carboxylic acid groups (broad SMARTS) is 1. The van der Waals surface area contributed by atoms with Crippen LogP contribution in [0, 0.1) is 5.41 Å². The number of aromatic carboxylic acids is 1. The molecule has 0 aromatic heterocycles. The number of hydrogen-bond acceptors (Lipinski definition) is 2. The molecule has 1 saturated carbocycles. The molecule has 1 aliphatic rings. The van der Waals surface area contributed by atoms with Crippen molar-refractivity contribution in [2.24, 2.45) is 5.41 Å². The molecule has 1 aromatic rings. The second-order valence-corrected chi connectivity index (χ2v) is 5.39. The first-order chi connectivity index (χ1) is 8.02. The van der Waals surface area contributed by atoms with E-state index in [1.165, 1.54) is 19.3 Å². The molecule has 0 amide bonds. The lowest BCUT2D eigenvalue weighted by Gasteiger charge is -2.38. The molecule has 0 radical (unpaired) electrons. The number of halogens is 1.